The van der Waals surface area contributed by atoms with Crippen LogP contribution >= 0.6 is 24.0 Å². The van der Waals surface area contributed by atoms with E-state index in [1.54, 1.807) is 7.05 Å². The number of sulfonamides is 1. The maximum atomic E-state index is 12.5. The standard InChI is InChI=1S/C15H24N4O2S.HI/c1-12(2)18-15(16-3)17-9-11-22(20,21)19-10-8-13-6-4-5-7-14(13)19;/h4-7,12H,8-11H2,1-3H3,(H2,16,17,18);1H. The normalized spacial score (nSPS) is 14.4. The first kappa shape index (κ1) is 20.0. The molecule has 0 spiro atoms. The topological polar surface area (TPSA) is 73.8 Å². The SMILES string of the molecule is CN=C(NCCS(=O)(=O)N1CCc2ccccc21)NC(C)C.I. The molecule has 0 atom stereocenters. The van der Waals surface area contributed by atoms with Crippen molar-refractivity contribution in [2.45, 2.75) is 26.3 Å². The molecule has 1 aromatic carbocycles. The van der Waals surface area contributed by atoms with Gasteiger partial charge < -0.3 is 10.6 Å². The van der Waals surface area contributed by atoms with Crippen molar-refractivity contribution in [1.29, 1.82) is 0 Å². The van der Waals surface area contributed by atoms with E-state index in [-0.39, 0.29) is 35.8 Å². The van der Waals surface area contributed by atoms with Gasteiger partial charge >= 0.3 is 0 Å². The zero-order valence-corrected chi connectivity index (χ0v) is 16.9. The zero-order chi connectivity index (χ0) is 16.2. The summed E-state index contributed by atoms with van der Waals surface area (Å²) >= 11 is 0. The summed E-state index contributed by atoms with van der Waals surface area (Å²) in [6.45, 7) is 4.86. The van der Waals surface area contributed by atoms with Crippen molar-refractivity contribution in [3.05, 3.63) is 29.8 Å². The highest BCUT2D eigenvalue weighted by Crippen LogP contribution is 2.29. The fraction of sp³-hybridized carbons (Fsp3) is 0.533. The Balaban J connectivity index is 0.00000264. The lowest BCUT2D eigenvalue weighted by atomic mass is 10.2. The van der Waals surface area contributed by atoms with E-state index < -0.39 is 10.0 Å². The van der Waals surface area contributed by atoms with Crippen LogP contribution in [0.25, 0.3) is 0 Å². The van der Waals surface area contributed by atoms with E-state index >= 15 is 0 Å². The number of fused-ring (bicyclic) bond motifs is 1. The van der Waals surface area contributed by atoms with Crippen molar-refractivity contribution in [3.63, 3.8) is 0 Å². The molecule has 1 heterocycles. The van der Waals surface area contributed by atoms with E-state index in [2.05, 4.69) is 15.6 Å². The molecule has 1 aliphatic heterocycles. The molecule has 6 nitrogen and oxygen atoms in total. The summed E-state index contributed by atoms with van der Waals surface area (Å²) in [6, 6.07) is 7.91. The van der Waals surface area contributed by atoms with Crippen molar-refractivity contribution < 1.29 is 8.42 Å². The molecule has 0 unspecified atom stereocenters. The summed E-state index contributed by atoms with van der Waals surface area (Å²) in [6.07, 6.45) is 0.777. The molecule has 2 N–H and O–H groups in total. The lowest BCUT2D eigenvalue weighted by Crippen LogP contribution is -2.44. The smallest absolute Gasteiger partial charge is 0.236 e. The van der Waals surface area contributed by atoms with Crippen LogP contribution in [-0.4, -0.2) is 46.3 Å². The molecule has 23 heavy (non-hydrogen) atoms. The van der Waals surface area contributed by atoms with Crippen LogP contribution in [0.4, 0.5) is 5.69 Å². The molecule has 130 valence electrons. The minimum Gasteiger partial charge on any atom is -0.355 e. The molecular formula is C15H25IN4O2S. The highest BCUT2D eigenvalue weighted by atomic mass is 127. The van der Waals surface area contributed by atoms with Gasteiger partial charge in [0.25, 0.3) is 0 Å². The van der Waals surface area contributed by atoms with E-state index in [4.69, 9.17) is 0 Å². The second-order valence-electron chi connectivity index (χ2n) is 5.56. The molecule has 0 aliphatic carbocycles. The predicted molar refractivity (Wildman–Crippen MR) is 106 cm³/mol. The van der Waals surface area contributed by atoms with Crippen molar-refractivity contribution in [2.75, 3.05) is 30.2 Å². The second kappa shape index (κ2) is 8.72. The van der Waals surface area contributed by atoms with Gasteiger partial charge in [0.1, 0.15) is 0 Å². The van der Waals surface area contributed by atoms with E-state index in [1.165, 1.54) is 4.31 Å². The number of benzene rings is 1. The summed E-state index contributed by atoms with van der Waals surface area (Å²) in [4.78, 5) is 4.07. The van der Waals surface area contributed by atoms with Gasteiger partial charge in [0.2, 0.25) is 10.0 Å². The van der Waals surface area contributed by atoms with Gasteiger partial charge in [0, 0.05) is 26.2 Å². The molecular weight excluding hydrogens is 427 g/mol. The Hall–Kier alpha value is -1.03. The van der Waals surface area contributed by atoms with Crippen LogP contribution in [-0.2, 0) is 16.4 Å². The predicted octanol–water partition coefficient (Wildman–Crippen LogP) is 1.57. The van der Waals surface area contributed by atoms with E-state index in [0.29, 0.717) is 19.0 Å². The third-order valence-corrected chi connectivity index (χ3v) is 5.25. The number of hydrogen-bond donors (Lipinski definition) is 2. The Morgan fingerprint density at radius 3 is 2.70 bits per heavy atom. The summed E-state index contributed by atoms with van der Waals surface area (Å²) in [5.41, 5.74) is 1.91. The third-order valence-electron chi connectivity index (χ3n) is 3.48. The Kier molecular flexibility index (Phi) is 7.59. The van der Waals surface area contributed by atoms with Crippen molar-refractivity contribution in [3.8, 4) is 0 Å². The molecule has 0 aromatic heterocycles. The number of aliphatic imine (C=N–C) groups is 1. The van der Waals surface area contributed by atoms with Crippen LogP contribution in [0.3, 0.4) is 0 Å². The first-order chi connectivity index (χ1) is 10.4. The molecule has 0 amide bonds. The van der Waals surface area contributed by atoms with Gasteiger partial charge in [-0.25, -0.2) is 8.42 Å². The highest BCUT2D eigenvalue weighted by molar-refractivity contribution is 14.0. The minimum absolute atomic E-state index is 0. The Bertz CT molecular complexity index is 647. The maximum absolute atomic E-state index is 12.5. The van der Waals surface area contributed by atoms with Crippen LogP contribution in [0.2, 0.25) is 0 Å². The quantitative estimate of drug-likeness (QED) is 0.404. The van der Waals surface area contributed by atoms with Gasteiger partial charge in [-0.1, -0.05) is 18.2 Å². The Morgan fingerprint density at radius 2 is 2.04 bits per heavy atom. The summed E-state index contributed by atoms with van der Waals surface area (Å²) < 4.78 is 26.5. The minimum atomic E-state index is -3.32. The average Bonchev–Trinajstić information content (AvgIpc) is 2.90. The Labute approximate surface area is 155 Å². The Morgan fingerprint density at radius 1 is 1.35 bits per heavy atom. The number of rotatable bonds is 5. The number of halogens is 1. The first-order valence-electron chi connectivity index (χ1n) is 7.49. The maximum Gasteiger partial charge on any atom is 0.236 e. The van der Waals surface area contributed by atoms with Gasteiger partial charge in [-0.2, -0.15) is 0 Å². The largest absolute Gasteiger partial charge is 0.355 e. The molecule has 0 saturated carbocycles. The second-order valence-corrected chi connectivity index (χ2v) is 7.58. The third kappa shape index (κ3) is 5.23. The number of anilines is 1. The lowest BCUT2D eigenvalue weighted by Gasteiger charge is -2.20. The van der Waals surface area contributed by atoms with Crippen molar-refractivity contribution in [2.24, 2.45) is 4.99 Å². The lowest BCUT2D eigenvalue weighted by molar-refractivity contribution is 0.590. The monoisotopic (exact) mass is 452 g/mol. The number of guanidine groups is 1. The fourth-order valence-electron chi connectivity index (χ4n) is 2.47. The van der Waals surface area contributed by atoms with Crippen molar-refractivity contribution >= 4 is 45.6 Å². The van der Waals surface area contributed by atoms with Gasteiger partial charge in [0.15, 0.2) is 5.96 Å². The number of nitrogens with zero attached hydrogens (tertiary/aromatic N) is 2. The summed E-state index contributed by atoms with van der Waals surface area (Å²) in [5.74, 6) is 0.659. The van der Waals surface area contributed by atoms with Crippen LogP contribution in [0.5, 0.6) is 0 Å². The average molecular weight is 452 g/mol. The van der Waals surface area contributed by atoms with E-state index in [0.717, 1.165) is 17.7 Å². The van der Waals surface area contributed by atoms with Gasteiger partial charge in [-0.3, -0.25) is 9.30 Å². The zero-order valence-electron chi connectivity index (χ0n) is 13.7. The molecule has 8 heteroatoms. The van der Waals surface area contributed by atoms with Crippen LogP contribution in [0.1, 0.15) is 19.4 Å². The molecule has 1 aliphatic rings. The fourth-order valence-corrected chi connectivity index (χ4v) is 3.90. The van der Waals surface area contributed by atoms with Crippen molar-refractivity contribution in [1.82, 2.24) is 10.6 Å². The van der Waals surface area contributed by atoms with Crippen LogP contribution in [0, 0.1) is 0 Å². The molecule has 0 radical (unpaired) electrons. The van der Waals surface area contributed by atoms with Crippen LogP contribution < -0.4 is 14.9 Å². The number of nitrogens with one attached hydrogen (secondary N) is 2. The molecule has 2 rings (SSSR count). The van der Waals surface area contributed by atoms with Gasteiger partial charge in [0.05, 0.1) is 11.4 Å². The van der Waals surface area contributed by atoms with Crippen LogP contribution in [0.15, 0.2) is 29.3 Å². The summed E-state index contributed by atoms with van der Waals surface area (Å²) in [7, 11) is -1.65. The van der Waals surface area contributed by atoms with Gasteiger partial charge in [-0.15, -0.1) is 24.0 Å². The van der Waals surface area contributed by atoms with E-state index in [1.807, 2.05) is 38.1 Å². The molecule has 0 saturated heterocycles. The first-order valence-corrected chi connectivity index (χ1v) is 9.10. The summed E-state index contributed by atoms with van der Waals surface area (Å²) in [5, 5.41) is 6.17. The van der Waals surface area contributed by atoms with Gasteiger partial charge in [-0.05, 0) is 31.9 Å². The molecule has 0 fully saturated rings. The van der Waals surface area contributed by atoms with E-state index in [9.17, 15) is 8.42 Å². The molecule has 0 bridgehead atoms. The highest BCUT2D eigenvalue weighted by Gasteiger charge is 2.28. The number of hydrogen-bond acceptors (Lipinski definition) is 3. The molecule has 1 aromatic rings. The number of para-hydroxylation sites is 1.